The number of benzene rings is 1. The van der Waals surface area contributed by atoms with Gasteiger partial charge < -0.3 is 10.1 Å². The smallest absolute Gasteiger partial charge is 0.137 e. The van der Waals surface area contributed by atoms with Crippen molar-refractivity contribution >= 4 is 11.6 Å². The Balaban J connectivity index is 2.29. The monoisotopic (exact) mass is 295 g/mol. The van der Waals surface area contributed by atoms with Crippen LogP contribution in [0.5, 0.6) is 5.75 Å². The minimum absolute atomic E-state index is 0.418. The van der Waals surface area contributed by atoms with Crippen molar-refractivity contribution in [1.82, 2.24) is 5.32 Å². The van der Waals surface area contributed by atoms with Gasteiger partial charge in [0.25, 0.3) is 0 Å². The predicted molar refractivity (Wildman–Crippen MR) is 85.8 cm³/mol. The predicted octanol–water partition coefficient (Wildman–Crippen LogP) is 4.48. The first-order valence-electron chi connectivity index (χ1n) is 7.45. The Morgan fingerprint density at radius 3 is 2.80 bits per heavy atom. The van der Waals surface area contributed by atoms with E-state index in [4.69, 9.17) is 16.3 Å². The van der Waals surface area contributed by atoms with Crippen molar-refractivity contribution in [3.63, 3.8) is 0 Å². The second kappa shape index (κ2) is 6.36. The Morgan fingerprint density at radius 2 is 2.15 bits per heavy atom. The lowest BCUT2D eigenvalue weighted by Gasteiger charge is -2.41. The molecule has 1 aromatic rings. The minimum atomic E-state index is 0.418. The molecule has 2 unspecified atom stereocenters. The average Bonchev–Trinajstić information content (AvgIpc) is 2.41. The van der Waals surface area contributed by atoms with Gasteiger partial charge in [-0.2, -0.15) is 0 Å². The molecule has 1 aromatic carbocycles. The molecule has 0 saturated heterocycles. The second-order valence-electron chi connectivity index (χ2n) is 6.73. The van der Waals surface area contributed by atoms with E-state index in [9.17, 15) is 0 Å². The van der Waals surface area contributed by atoms with Crippen molar-refractivity contribution in [2.45, 2.75) is 39.0 Å². The van der Waals surface area contributed by atoms with Crippen molar-refractivity contribution in [2.75, 3.05) is 20.7 Å². The van der Waals surface area contributed by atoms with Gasteiger partial charge in [-0.3, -0.25) is 0 Å². The van der Waals surface area contributed by atoms with Gasteiger partial charge in [0.2, 0.25) is 0 Å². The van der Waals surface area contributed by atoms with Crippen molar-refractivity contribution < 1.29 is 4.74 Å². The highest BCUT2D eigenvalue weighted by atomic mass is 35.5. The van der Waals surface area contributed by atoms with Gasteiger partial charge in [0, 0.05) is 0 Å². The summed E-state index contributed by atoms with van der Waals surface area (Å²) >= 11 is 6.15. The Kier molecular flexibility index (Phi) is 4.98. The van der Waals surface area contributed by atoms with Gasteiger partial charge in [-0.25, -0.2) is 0 Å². The molecule has 1 saturated carbocycles. The van der Waals surface area contributed by atoms with Crippen LogP contribution in [0.25, 0.3) is 0 Å². The lowest BCUT2D eigenvalue weighted by molar-refractivity contribution is 0.161. The maximum absolute atomic E-state index is 6.15. The summed E-state index contributed by atoms with van der Waals surface area (Å²) < 4.78 is 5.38. The quantitative estimate of drug-likeness (QED) is 0.884. The number of hydrogen-bond donors (Lipinski definition) is 1. The summed E-state index contributed by atoms with van der Waals surface area (Å²) in [5.74, 6) is 2.06. The van der Waals surface area contributed by atoms with Crippen LogP contribution in [-0.4, -0.2) is 20.7 Å². The Bertz CT molecular complexity index is 458. The fraction of sp³-hybridized carbons (Fsp3) is 0.647. The van der Waals surface area contributed by atoms with E-state index in [1.165, 1.54) is 24.8 Å². The van der Waals surface area contributed by atoms with Crippen molar-refractivity contribution in [3.05, 3.63) is 28.8 Å². The van der Waals surface area contributed by atoms with E-state index in [-0.39, 0.29) is 0 Å². The van der Waals surface area contributed by atoms with E-state index in [0.717, 1.165) is 12.3 Å². The highest BCUT2D eigenvalue weighted by Crippen LogP contribution is 2.47. The van der Waals surface area contributed by atoms with Crippen LogP contribution in [0, 0.1) is 11.3 Å². The van der Waals surface area contributed by atoms with Crippen LogP contribution in [0.4, 0.5) is 0 Å². The summed E-state index contributed by atoms with van der Waals surface area (Å²) in [4.78, 5) is 0. The molecule has 0 amide bonds. The summed E-state index contributed by atoms with van der Waals surface area (Å²) in [6, 6.07) is 6.25. The molecule has 2 atom stereocenters. The SMILES string of the molecule is CNCC1CCC(C)(C)CC1c1ccc(Cl)c(OC)c1. The molecule has 20 heavy (non-hydrogen) atoms. The van der Waals surface area contributed by atoms with E-state index in [2.05, 4.69) is 31.3 Å². The van der Waals surface area contributed by atoms with Gasteiger partial charge in [-0.15, -0.1) is 0 Å². The molecule has 3 heteroatoms. The summed E-state index contributed by atoms with van der Waals surface area (Å²) in [6.07, 6.45) is 3.81. The molecule has 0 aromatic heterocycles. The van der Waals surface area contributed by atoms with E-state index in [1.54, 1.807) is 7.11 Å². The normalized spacial score (nSPS) is 25.4. The molecule has 0 bridgehead atoms. The highest BCUT2D eigenvalue weighted by molar-refractivity contribution is 6.32. The third-order valence-electron chi connectivity index (χ3n) is 4.60. The standard InChI is InChI=1S/C17H26ClNO/c1-17(2)8-7-13(11-19-3)14(10-17)12-5-6-15(18)16(9-12)20-4/h5-6,9,13-14,19H,7-8,10-11H2,1-4H3. The molecule has 1 aliphatic rings. The van der Waals surface area contributed by atoms with Crippen LogP contribution in [0.2, 0.25) is 5.02 Å². The Labute approximate surface area is 127 Å². The molecule has 0 spiro atoms. The van der Waals surface area contributed by atoms with Crippen molar-refractivity contribution in [2.24, 2.45) is 11.3 Å². The van der Waals surface area contributed by atoms with E-state index < -0.39 is 0 Å². The molecule has 1 N–H and O–H groups in total. The molecule has 112 valence electrons. The molecule has 0 heterocycles. The number of methoxy groups -OCH3 is 1. The van der Waals surface area contributed by atoms with Gasteiger partial charge in [0.15, 0.2) is 0 Å². The van der Waals surface area contributed by atoms with Crippen molar-refractivity contribution in [3.8, 4) is 5.75 Å². The second-order valence-corrected chi connectivity index (χ2v) is 7.13. The zero-order valence-electron chi connectivity index (χ0n) is 13.0. The topological polar surface area (TPSA) is 21.3 Å². The largest absolute Gasteiger partial charge is 0.495 e. The highest BCUT2D eigenvalue weighted by Gasteiger charge is 2.35. The zero-order valence-corrected chi connectivity index (χ0v) is 13.8. The fourth-order valence-corrected chi connectivity index (χ4v) is 3.64. The lowest BCUT2D eigenvalue weighted by atomic mass is 9.65. The van der Waals surface area contributed by atoms with E-state index in [0.29, 0.717) is 22.3 Å². The zero-order chi connectivity index (χ0) is 14.8. The summed E-state index contributed by atoms with van der Waals surface area (Å²) in [5.41, 5.74) is 1.78. The number of ether oxygens (including phenoxy) is 1. The third kappa shape index (κ3) is 3.48. The van der Waals surface area contributed by atoms with Crippen LogP contribution in [0.1, 0.15) is 44.6 Å². The van der Waals surface area contributed by atoms with Crippen molar-refractivity contribution in [1.29, 1.82) is 0 Å². The van der Waals surface area contributed by atoms with Crippen LogP contribution >= 0.6 is 11.6 Å². The molecule has 1 fully saturated rings. The van der Waals surface area contributed by atoms with Crippen LogP contribution < -0.4 is 10.1 Å². The van der Waals surface area contributed by atoms with Gasteiger partial charge in [-0.1, -0.05) is 31.5 Å². The van der Waals surface area contributed by atoms with Crippen LogP contribution in [0.3, 0.4) is 0 Å². The first kappa shape index (κ1) is 15.7. The molecule has 1 aliphatic carbocycles. The van der Waals surface area contributed by atoms with Crippen LogP contribution in [-0.2, 0) is 0 Å². The molecule has 0 radical (unpaired) electrons. The number of rotatable bonds is 4. The molecule has 0 aliphatic heterocycles. The minimum Gasteiger partial charge on any atom is -0.495 e. The maximum atomic E-state index is 6.15. The van der Waals surface area contributed by atoms with E-state index >= 15 is 0 Å². The van der Waals surface area contributed by atoms with Crippen LogP contribution in [0.15, 0.2) is 18.2 Å². The first-order valence-corrected chi connectivity index (χ1v) is 7.82. The summed E-state index contributed by atoms with van der Waals surface area (Å²) in [5, 5.41) is 4.04. The number of hydrogen-bond acceptors (Lipinski definition) is 2. The summed E-state index contributed by atoms with van der Waals surface area (Å²) in [7, 11) is 3.72. The molecular weight excluding hydrogens is 270 g/mol. The third-order valence-corrected chi connectivity index (χ3v) is 4.92. The molecular formula is C17H26ClNO. The average molecular weight is 296 g/mol. The number of nitrogens with one attached hydrogen (secondary N) is 1. The van der Waals surface area contributed by atoms with Gasteiger partial charge in [-0.05, 0) is 67.8 Å². The molecule has 2 nitrogen and oxygen atoms in total. The maximum Gasteiger partial charge on any atom is 0.137 e. The Morgan fingerprint density at radius 1 is 1.40 bits per heavy atom. The lowest BCUT2D eigenvalue weighted by Crippen LogP contribution is -2.33. The van der Waals surface area contributed by atoms with Gasteiger partial charge in [0.1, 0.15) is 5.75 Å². The fourth-order valence-electron chi connectivity index (χ4n) is 3.44. The number of halogens is 1. The Hall–Kier alpha value is -0.730. The summed E-state index contributed by atoms with van der Waals surface area (Å²) in [6.45, 7) is 5.83. The molecule has 2 rings (SSSR count). The van der Waals surface area contributed by atoms with Gasteiger partial charge in [0.05, 0.1) is 12.1 Å². The van der Waals surface area contributed by atoms with Gasteiger partial charge >= 0.3 is 0 Å². The van der Waals surface area contributed by atoms with E-state index in [1.807, 2.05) is 13.1 Å². The first-order chi connectivity index (χ1) is 9.46.